The Labute approximate surface area is 229 Å². The van der Waals surface area contributed by atoms with Gasteiger partial charge in [0.1, 0.15) is 28.5 Å². The van der Waals surface area contributed by atoms with Crippen molar-refractivity contribution in [1.82, 2.24) is 19.3 Å². The molecular weight excluding hydrogens is 486 g/mol. The van der Waals surface area contributed by atoms with Gasteiger partial charge in [0, 0.05) is 42.9 Å². The van der Waals surface area contributed by atoms with Gasteiger partial charge in [-0.3, -0.25) is 9.20 Å². The first-order chi connectivity index (χ1) is 18.5. The number of aromatic nitrogens is 3. The van der Waals surface area contributed by atoms with Crippen molar-refractivity contribution < 1.29 is 9.90 Å². The first kappa shape index (κ1) is 25.6. The van der Waals surface area contributed by atoms with E-state index < -0.39 is 5.60 Å². The van der Waals surface area contributed by atoms with Gasteiger partial charge in [-0.1, -0.05) is 69.3 Å². The summed E-state index contributed by atoms with van der Waals surface area (Å²) in [6.45, 7) is 9.06. The van der Waals surface area contributed by atoms with Crippen molar-refractivity contribution in [2.75, 3.05) is 12.3 Å². The summed E-state index contributed by atoms with van der Waals surface area (Å²) in [5.74, 6) is 1.73. The van der Waals surface area contributed by atoms with Crippen LogP contribution in [0.1, 0.15) is 81.8 Å². The van der Waals surface area contributed by atoms with E-state index in [1.165, 1.54) is 5.56 Å². The normalized spacial score (nSPS) is 21.3. The Bertz CT molecular complexity index is 1550. The predicted octanol–water partition coefficient (Wildman–Crippen LogP) is 5.40. The number of rotatable bonds is 4. The number of aliphatic hydroxyl groups is 1. The van der Waals surface area contributed by atoms with E-state index in [1.807, 2.05) is 58.8 Å². The summed E-state index contributed by atoms with van der Waals surface area (Å²) in [5.41, 5.74) is 10.5. The molecule has 0 spiro atoms. The Morgan fingerprint density at radius 2 is 1.72 bits per heavy atom. The predicted molar refractivity (Wildman–Crippen MR) is 153 cm³/mol. The van der Waals surface area contributed by atoms with E-state index in [4.69, 9.17) is 10.7 Å². The number of hydrogen-bond acceptors (Lipinski definition) is 5. The number of carbonyl (C=O) groups is 1. The molecule has 2 aromatic carbocycles. The second-order valence-corrected chi connectivity index (χ2v) is 12.3. The zero-order valence-electron chi connectivity index (χ0n) is 23.2. The summed E-state index contributed by atoms with van der Waals surface area (Å²) >= 11 is 0. The van der Waals surface area contributed by atoms with Crippen LogP contribution in [-0.4, -0.2) is 42.9 Å². The highest BCUT2D eigenvalue weighted by molar-refractivity contribution is 5.85. The number of nitrogen functional groups attached to an aromatic ring is 1. The largest absolute Gasteiger partial charge is 0.382 e. The summed E-state index contributed by atoms with van der Waals surface area (Å²) in [4.78, 5) is 24.0. The molecule has 0 aliphatic carbocycles. The minimum absolute atomic E-state index is 0.00882. The van der Waals surface area contributed by atoms with Gasteiger partial charge in [0.05, 0.1) is 0 Å². The Morgan fingerprint density at radius 1 is 0.974 bits per heavy atom. The van der Waals surface area contributed by atoms with Crippen LogP contribution in [0.2, 0.25) is 0 Å². The molecule has 0 radical (unpaired) electrons. The fourth-order valence-electron chi connectivity index (χ4n) is 6.26. The van der Waals surface area contributed by atoms with Gasteiger partial charge < -0.3 is 15.7 Å². The Hall–Kier alpha value is -3.71. The van der Waals surface area contributed by atoms with Gasteiger partial charge in [0.15, 0.2) is 0 Å². The summed E-state index contributed by atoms with van der Waals surface area (Å²) in [5, 5.41) is 11.6. The lowest BCUT2D eigenvalue weighted by Gasteiger charge is -2.34. The summed E-state index contributed by atoms with van der Waals surface area (Å²) in [7, 11) is 0. The van der Waals surface area contributed by atoms with E-state index in [1.54, 1.807) is 6.20 Å². The fraction of sp³-hybridized carbons (Fsp3) is 0.406. The minimum atomic E-state index is -1.15. The summed E-state index contributed by atoms with van der Waals surface area (Å²) in [6, 6.07) is 16.5. The molecule has 2 aliphatic rings. The van der Waals surface area contributed by atoms with Crippen molar-refractivity contribution in [3.8, 4) is 11.3 Å². The second kappa shape index (κ2) is 9.19. The molecule has 202 valence electrons. The van der Waals surface area contributed by atoms with E-state index in [2.05, 4.69) is 37.9 Å². The number of fused-ring (bicyclic) bond motifs is 2. The van der Waals surface area contributed by atoms with Gasteiger partial charge >= 0.3 is 0 Å². The van der Waals surface area contributed by atoms with Crippen molar-refractivity contribution in [1.29, 1.82) is 0 Å². The molecule has 2 fully saturated rings. The lowest BCUT2D eigenvalue weighted by Crippen LogP contribution is -2.41. The number of carbonyl (C=O) groups excluding carboxylic acids is 1. The molecule has 0 bridgehead atoms. The van der Waals surface area contributed by atoms with Crippen molar-refractivity contribution in [3.05, 3.63) is 83.4 Å². The highest BCUT2D eigenvalue weighted by atomic mass is 16.3. The first-order valence-electron chi connectivity index (χ1n) is 13.9. The Balaban J connectivity index is 1.36. The number of nitrogens with two attached hydrogens (primary N) is 1. The van der Waals surface area contributed by atoms with E-state index in [9.17, 15) is 9.90 Å². The molecule has 6 rings (SSSR count). The fourth-order valence-corrected chi connectivity index (χ4v) is 6.26. The monoisotopic (exact) mass is 523 g/mol. The Morgan fingerprint density at radius 3 is 2.46 bits per heavy atom. The Kier molecular flexibility index (Phi) is 6.03. The SMILES string of the molecule is CC(C)(C)c1cccc([C@@](C)(O)c2ccc(-c3nc([C@@H]4CC[C@H]5CCC(=O)N5C4)n4ccnc(N)c34)cc2)c1. The number of hydrogen-bond donors (Lipinski definition) is 2. The third-order valence-electron chi connectivity index (χ3n) is 8.70. The maximum absolute atomic E-state index is 12.5. The van der Waals surface area contributed by atoms with Crippen LogP contribution in [0.3, 0.4) is 0 Å². The van der Waals surface area contributed by atoms with Crippen LogP contribution in [0.5, 0.6) is 0 Å². The lowest BCUT2D eigenvalue weighted by molar-refractivity contribution is -0.130. The highest BCUT2D eigenvalue weighted by Gasteiger charge is 2.38. The molecule has 1 amide bonds. The number of imidazole rings is 1. The molecule has 4 aromatic rings. The molecule has 2 aromatic heterocycles. The van der Waals surface area contributed by atoms with Crippen LogP contribution in [-0.2, 0) is 15.8 Å². The lowest BCUT2D eigenvalue weighted by atomic mass is 9.81. The van der Waals surface area contributed by atoms with Crippen LogP contribution in [0, 0.1) is 0 Å². The molecule has 7 nitrogen and oxygen atoms in total. The minimum Gasteiger partial charge on any atom is -0.382 e. The van der Waals surface area contributed by atoms with Crippen LogP contribution in [0.4, 0.5) is 5.82 Å². The maximum Gasteiger partial charge on any atom is 0.222 e. The first-order valence-corrected chi connectivity index (χ1v) is 13.9. The van der Waals surface area contributed by atoms with Crippen molar-refractivity contribution in [2.24, 2.45) is 0 Å². The molecule has 3 atom stereocenters. The van der Waals surface area contributed by atoms with Crippen LogP contribution < -0.4 is 5.73 Å². The van der Waals surface area contributed by atoms with Crippen molar-refractivity contribution >= 4 is 17.2 Å². The van der Waals surface area contributed by atoms with E-state index in [0.29, 0.717) is 24.8 Å². The van der Waals surface area contributed by atoms with Gasteiger partial charge in [0.2, 0.25) is 5.91 Å². The third-order valence-corrected chi connectivity index (χ3v) is 8.70. The number of benzene rings is 2. The average molecular weight is 524 g/mol. The van der Waals surface area contributed by atoms with Crippen LogP contribution in [0.15, 0.2) is 60.9 Å². The third kappa shape index (κ3) is 4.39. The topological polar surface area (TPSA) is 96.8 Å². The zero-order valence-corrected chi connectivity index (χ0v) is 23.2. The quantitative estimate of drug-likeness (QED) is 0.373. The smallest absolute Gasteiger partial charge is 0.222 e. The van der Waals surface area contributed by atoms with Crippen LogP contribution in [0.25, 0.3) is 16.8 Å². The van der Waals surface area contributed by atoms with Crippen molar-refractivity contribution in [3.63, 3.8) is 0 Å². The molecule has 4 heterocycles. The van der Waals surface area contributed by atoms with Gasteiger partial charge in [-0.2, -0.15) is 0 Å². The number of nitrogens with zero attached hydrogens (tertiary/aromatic N) is 4. The number of anilines is 1. The molecule has 3 N–H and O–H groups in total. The van der Waals surface area contributed by atoms with Crippen LogP contribution >= 0.6 is 0 Å². The second-order valence-electron chi connectivity index (χ2n) is 12.3. The highest BCUT2D eigenvalue weighted by Crippen LogP contribution is 2.39. The molecule has 7 heteroatoms. The van der Waals surface area contributed by atoms with Gasteiger partial charge in [-0.25, -0.2) is 9.97 Å². The van der Waals surface area contributed by atoms with Crippen molar-refractivity contribution in [2.45, 2.75) is 76.4 Å². The molecular formula is C32H37N5O2. The molecule has 0 saturated carbocycles. The summed E-state index contributed by atoms with van der Waals surface area (Å²) in [6.07, 6.45) is 7.23. The van der Waals surface area contributed by atoms with E-state index >= 15 is 0 Å². The summed E-state index contributed by atoms with van der Waals surface area (Å²) < 4.78 is 2.05. The molecule has 2 saturated heterocycles. The molecule has 2 aliphatic heterocycles. The zero-order chi connectivity index (χ0) is 27.5. The van der Waals surface area contributed by atoms with Gasteiger partial charge in [-0.15, -0.1) is 0 Å². The van der Waals surface area contributed by atoms with E-state index in [-0.39, 0.29) is 17.2 Å². The van der Waals surface area contributed by atoms with Gasteiger partial charge in [0.25, 0.3) is 0 Å². The average Bonchev–Trinajstić information content (AvgIpc) is 3.50. The number of amides is 1. The van der Waals surface area contributed by atoms with Gasteiger partial charge in [-0.05, 0) is 48.3 Å². The maximum atomic E-state index is 12.5. The van der Waals surface area contributed by atoms with E-state index in [0.717, 1.165) is 53.0 Å². The number of piperidine rings is 1. The molecule has 39 heavy (non-hydrogen) atoms. The molecule has 0 unspecified atom stereocenters. The standard InChI is InChI=1S/C32H37N5O2/c1-31(2,3)23-6-5-7-24(18-23)32(4,39)22-11-8-20(9-12-22)27-28-29(33)34-16-17-36(28)30(35-27)21-10-13-25-14-15-26(38)37(25)19-21/h5-9,11-12,16-18,21,25,39H,10,13-15,19H2,1-4H3,(H2,33,34)/t21-,25+,32+/m1/s1.